The number of carbonyl (C=O) groups excluding carboxylic acids is 2. The second-order valence-corrected chi connectivity index (χ2v) is 4.80. The van der Waals surface area contributed by atoms with E-state index in [1.807, 2.05) is 19.1 Å². The van der Waals surface area contributed by atoms with E-state index < -0.39 is 11.9 Å². The predicted molar refractivity (Wildman–Crippen MR) is 77.4 cm³/mol. The van der Waals surface area contributed by atoms with Gasteiger partial charge in [-0.05, 0) is 32.0 Å². The molecule has 0 fully saturated rings. The van der Waals surface area contributed by atoms with Crippen LogP contribution in [-0.4, -0.2) is 18.2 Å². The summed E-state index contributed by atoms with van der Waals surface area (Å²) in [4.78, 5) is 22.7. The lowest BCUT2D eigenvalue weighted by molar-refractivity contribution is 0.0812. The highest BCUT2D eigenvalue weighted by atomic mass is 19.1. The number of ketones is 1. The van der Waals surface area contributed by atoms with Gasteiger partial charge in [0.2, 0.25) is 5.78 Å². The van der Waals surface area contributed by atoms with Gasteiger partial charge in [-0.2, -0.15) is 0 Å². The monoisotopic (exact) mass is 286 g/mol. The fraction of sp³-hybridized carbons (Fsp3) is 0.176. The van der Waals surface area contributed by atoms with Crippen LogP contribution in [0.15, 0.2) is 42.5 Å². The largest absolute Gasteiger partial charge is 0.479 e. The SMILES string of the molecule is Cc1ccc(C(=O)C(C)Oc2ccc(C=O)cc2F)cc1. The molecular weight excluding hydrogens is 271 g/mol. The molecule has 0 N–H and O–H groups in total. The van der Waals surface area contributed by atoms with Crippen LogP contribution in [0.3, 0.4) is 0 Å². The Labute approximate surface area is 122 Å². The molecule has 0 saturated carbocycles. The van der Waals surface area contributed by atoms with Gasteiger partial charge in [0.05, 0.1) is 0 Å². The van der Waals surface area contributed by atoms with E-state index in [2.05, 4.69) is 0 Å². The molecule has 0 aromatic heterocycles. The molecule has 4 heteroatoms. The number of aryl methyl sites for hydroxylation is 1. The quantitative estimate of drug-likeness (QED) is 0.623. The summed E-state index contributed by atoms with van der Waals surface area (Å²) in [6, 6.07) is 10.9. The van der Waals surface area contributed by atoms with E-state index in [-0.39, 0.29) is 17.1 Å². The molecule has 0 amide bonds. The first-order valence-electron chi connectivity index (χ1n) is 6.53. The predicted octanol–water partition coefficient (Wildman–Crippen LogP) is 3.60. The fourth-order valence-electron chi connectivity index (χ4n) is 1.88. The van der Waals surface area contributed by atoms with Gasteiger partial charge < -0.3 is 4.74 Å². The number of aldehydes is 1. The van der Waals surface area contributed by atoms with Crippen molar-refractivity contribution in [2.75, 3.05) is 0 Å². The average Bonchev–Trinajstić information content (AvgIpc) is 2.49. The molecule has 2 aromatic rings. The number of Topliss-reactive ketones (excluding diaryl/α,β-unsaturated/α-hetero) is 1. The highest BCUT2D eigenvalue weighted by Gasteiger charge is 2.18. The second kappa shape index (κ2) is 6.31. The number of hydrogen-bond acceptors (Lipinski definition) is 3. The normalized spacial score (nSPS) is 11.8. The molecule has 0 aliphatic carbocycles. The number of rotatable bonds is 5. The van der Waals surface area contributed by atoms with Crippen LogP contribution in [0.25, 0.3) is 0 Å². The van der Waals surface area contributed by atoms with Crippen molar-refractivity contribution in [2.45, 2.75) is 20.0 Å². The fourth-order valence-corrected chi connectivity index (χ4v) is 1.88. The zero-order valence-electron chi connectivity index (χ0n) is 11.8. The Bertz CT molecular complexity index is 662. The van der Waals surface area contributed by atoms with Crippen LogP contribution < -0.4 is 4.74 Å². The van der Waals surface area contributed by atoms with Gasteiger partial charge in [0.1, 0.15) is 6.29 Å². The van der Waals surface area contributed by atoms with Gasteiger partial charge in [-0.25, -0.2) is 4.39 Å². The van der Waals surface area contributed by atoms with Gasteiger partial charge in [-0.1, -0.05) is 29.8 Å². The Morgan fingerprint density at radius 2 is 1.86 bits per heavy atom. The first-order valence-corrected chi connectivity index (χ1v) is 6.53. The molecule has 1 unspecified atom stereocenters. The minimum atomic E-state index is -0.815. The van der Waals surface area contributed by atoms with Crippen LogP contribution in [-0.2, 0) is 0 Å². The lowest BCUT2D eigenvalue weighted by Crippen LogP contribution is -2.24. The smallest absolute Gasteiger partial charge is 0.202 e. The average molecular weight is 286 g/mol. The van der Waals surface area contributed by atoms with Crippen molar-refractivity contribution < 1.29 is 18.7 Å². The standard InChI is InChI=1S/C17H15FO3/c1-11-3-6-14(7-4-11)17(20)12(2)21-16-8-5-13(10-19)9-15(16)18/h3-10,12H,1-2H3. The summed E-state index contributed by atoms with van der Waals surface area (Å²) >= 11 is 0. The van der Waals surface area contributed by atoms with Crippen LogP contribution in [0.4, 0.5) is 4.39 Å². The number of benzene rings is 2. The summed E-state index contributed by atoms with van der Waals surface area (Å²) < 4.78 is 19.1. The molecule has 2 aromatic carbocycles. The molecular formula is C17H15FO3. The topological polar surface area (TPSA) is 43.4 Å². The van der Waals surface area contributed by atoms with Crippen LogP contribution in [0.2, 0.25) is 0 Å². The molecule has 0 radical (unpaired) electrons. The van der Waals surface area contributed by atoms with Crippen molar-refractivity contribution in [3.05, 3.63) is 65.0 Å². The first kappa shape index (κ1) is 14.9. The van der Waals surface area contributed by atoms with Crippen LogP contribution in [0.5, 0.6) is 5.75 Å². The minimum Gasteiger partial charge on any atom is -0.479 e. The van der Waals surface area contributed by atoms with Gasteiger partial charge in [-0.15, -0.1) is 0 Å². The van der Waals surface area contributed by atoms with Gasteiger partial charge >= 0.3 is 0 Å². The Morgan fingerprint density at radius 3 is 2.43 bits per heavy atom. The van der Waals surface area contributed by atoms with E-state index in [4.69, 9.17) is 4.74 Å². The van der Waals surface area contributed by atoms with E-state index in [1.165, 1.54) is 12.1 Å². The molecule has 0 aliphatic rings. The number of ether oxygens (including phenoxy) is 1. The second-order valence-electron chi connectivity index (χ2n) is 4.80. The Morgan fingerprint density at radius 1 is 1.19 bits per heavy atom. The van der Waals surface area contributed by atoms with Gasteiger partial charge in [0.15, 0.2) is 17.7 Å². The summed E-state index contributed by atoms with van der Waals surface area (Å²) in [5.74, 6) is -0.939. The third-order valence-electron chi connectivity index (χ3n) is 3.10. The highest BCUT2D eigenvalue weighted by molar-refractivity contribution is 5.99. The Kier molecular flexibility index (Phi) is 4.48. The van der Waals surface area contributed by atoms with Crippen molar-refractivity contribution in [1.29, 1.82) is 0 Å². The van der Waals surface area contributed by atoms with Crippen LogP contribution in [0, 0.1) is 12.7 Å². The van der Waals surface area contributed by atoms with Crippen LogP contribution >= 0.6 is 0 Å². The highest BCUT2D eigenvalue weighted by Crippen LogP contribution is 2.20. The molecule has 2 rings (SSSR count). The van der Waals surface area contributed by atoms with Crippen molar-refractivity contribution in [3.8, 4) is 5.75 Å². The number of hydrogen-bond donors (Lipinski definition) is 0. The maximum absolute atomic E-state index is 13.7. The summed E-state index contributed by atoms with van der Waals surface area (Å²) in [5.41, 5.74) is 1.78. The molecule has 108 valence electrons. The number of carbonyl (C=O) groups is 2. The third-order valence-corrected chi connectivity index (χ3v) is 3.10. The van der Waals surface area contributed by atoms with Crippen LogP contribution in [0.1, 0.15) is 33.2 Å². The molecule has 0 heterocycles. The molecule has 21 heavy (non-hydrogen) atoms. The van der Waals surface area contributed by atoms with Crippen molar-refractivity contribution in [2.24, 2.45) is 0 Å². The van der Waals surface area contributed by atoms with Gasteiger partial charge in [-0.3, -0.25) is 9.59 Å². The molecule has 0 aliphatic heterocycles. The molecule has 0 bridgehead atoms. The maximum Gasteiger partial charge on any atom is 0.202 e. The van der Waals surface area contributed by atoms with Crippen molar-refractivity contribution >= 4 is 12.1 Å². The van der Waals surface area contributed by atoms with E-state index in [0.29, 0.717) is 11.8 Å². The molecule has 0 spiro atoms. The molecule has 3 nitrogen and oxygen atoms in total. The van der Waals surface area contributed by atoms with E-state index in [9.17, 15) is 14.0 Å². The van der Waals surface area contributed by atoms with E-state index in [1.54, 1.807) is 19.1 Å². The van der Waals surface area contributed by atoms with Crippen molar-refractivity contribution in [3.63, 3.8) is 0 Å². The van der Waals surface area contributed by atoms with E-state index in [0.717, 1.165) is 11.6 Å². The lowest BCUT2D eigenvalue weighted by atomic mass is 10.1. The molecule has 1 atom stereocenters. The summed E-state index contributed by atoms with van der Waals surface area (Å²) in [6.07, 6.45) is -0.266. The summed E-state index contributed by atoms with van der Waals surface area (Å²) in [6.45, 7) is 3.49. The third kappa shape index (κ3) is 3.54. The molecule has 0 saturated heterocycles. The maximum atomic E-state index is 13.7. The Balaban J connectivity index is 2.13. The summed E-state index contributed by atoms with van der Waals surface area (Å²) in [7, 11) is 0. The lowest BCUT2D eigenvalue weighted by Gasteiger charge is -2.14. The number of halogens is 1. The summed E-state index contributed by atoms with van der Waals surface area (Å²) in [5, 5.41) is 0. The Hall–Kier alpha value is -2.49. The zero-order valence-corrected chi connectivity index (χ0v) is 11.8. The van der Waals surface area contributed by atoms with Gasteiger partial charge in [0, 0.05) is 11.1 Å². The zero-order chi connectivity index (χ0) is 15.4. The van der Waals surface area contributed by atoms with E-state index >= 15 is 0 Å². The van der Waals surface area contributed by atoms with Crippen molar-refractivity contribution in [1.82, 2.24) is 0 Å². The first-order chi connectivity index (χ1) is 10.0. The van der Waals surface area contributed by atoms with Gasteiger partial charge in [0.25, 0.3) is 0 Å². The minimum absolute atomic E-state index is 0.0476.